The molecule has 0 saturated heterocycles. The molecule has 35 heavy (non-hydrogen) atoms. The van der Waals surface area contributed by atoms with Gasteiger partial charge in [-0.25, -0.2) is 4.98 Å². The lowest BCUT2D eigenvalue weighted by Gasteiger charge is -2.32. The number of carbonyl (C=O) groups excluding carboxylic acids is 1. The maximum Gasteiger partial charge on any atom is 0.264 e. The Morgan fingerprint density at radius 3 is 2.54 bits per heavy atom. The highest BCUT2D eigenvalue weighted by Crippen LogP contribution is 2.28. The van der Waals surface area contributed by atoms with Gasteiger partial charge in [0.1, 0.15) is 5.82 Å². The normalized spacial score (nSPS) is 12.1. The fourth-order valence-corrected chi connectivity index (χ4v) is 5.12. The van der Waals surface area contributed by atoms with Gasteiger partial charge in [0, 0.05) is 17.1 Å². The van der Waals surface area contributed by atoms with E-state index in [9.17, 15) is 9.59 Å². The summed E-state index contributed by atoms with van der Waals surface area (Å²) in [5.41, 5.74) is 7.84. The molecule has 0 spiro atoms. The number of aromatic nitrogens is 3. The number of benzene rings is 2. The van der Waals surface area contributed by atoms with Crippen LogP contribution in [-0.2, 0) is 6.54 Å². The van der Waals surface area contributed by atoms with E-state index >= 15 is 0 Å². The Labute approximate surface area is 213 Å². The Bertz CT molecular complexity index is 1370. The summed E-state index contributed by atoms with van der Waals surface area (Å²) in [5, 5.41) is 1.09. The van der Waals surface area contributed by atoms with E-state index in [1.165, 1.54) is 11.5 Å². The predicted octanol–water partition coefficient (Wildman–Crippen LogP) is 4.81. The molecule has 2 heterocycles. The van der Waals surface area contributed by atoms with Crippen molar-refractivity contribution >= 4 is 39.3 Å². The molecule has 0 aliphatic rings. The lowest BCUT2D eigenvalue weighted by molar-refractivity contribution is 0.0656. The van der Waals surface area contributed by atoms with Crippen molar-refractivity contribution in [3.63, 3.8) is 0 Å². The summed E-state index contributed by atoms with van der Waals surface area (Å²) < 4.78 is 6.06. The molecule has 0 bridgehead atoms. The van der Waals surface area contributed by atoms with Crippen LogP contribution in [0.1, 0.15) is 53.2 Å². The van der Waals surface area contributed by atoms with Gasteiger partial charge < -0.3 is 10.6 Å². The summed E-state index contributed by atoms with van der Waals surface area (Å²) in [6.45, 7) is 5.05. The van der Waals surface area contributed by atoms with E-state index in [0.717, 1.165) is 5.56 Å². The third-order valence-electron chi connectivity index (χ3n) is 6.00. The molecule has 2 aromatic carbocycles. The maximum atomic E-state index is 13.7. The van der Waals surface area contributed by atoms with Gasteiger partial charge in [0.25, 0.3) is 11.5 Å². The van der Waals surface area contributed by atoms with Gasteiger partial charge in [0.2, 0.25) is 0 Å². The fraction of sp³-hybridized carbons (Fsp3) is 0.308. The van der Waals surface area contributed by atoms with Crippen molar-refractivity contribution in [2.24, 2.45) is 5.73 Å². The van der Waals surface area contributed by atoms with Crippen LogP contribution in [0.15, 0.2) is 59.4 Å². The second kappa shape index (κ2) is 11.1. The molecular formula is C26H28ClN5O2S. The van der Waals surface area contributed by atoms with Gasteiger partial charge in [0.05, 0.1) is 23.7 Å². The Balaban J connectivity index is 1.86. The van der Waals surface area contributed by atoms with E-state index in [1.807, 2.05) is 44.2 Å². The lowest BCUT2D eigenvalue weighted by atomic mass is 10.1. The second-order valence-electron chi connectivity index (χ2n) is 8.37. The summed E-state index contributed by atoms with van der Waals surface area (Å²) in [5.74, 6) is 0.403. The first-order chi connectivity index (χ1) is 16.9. The number of fused-ring (bicyclic) bond motifs is 1. The van der Waals surface area contributed by atoms with Gasteiger partial charge in [0.15, 0.2) is 4.83 Å². The SMILES string of the molecule is CC[C@@H](c1nc2snc(C)c2c(=O)n1Cc1ccccc1)N(CCCN)C(=O)c1ccc(Cl)cc1. The predicted molar refractivity (Wildman–Crippen MR) is 141 cm³/mol. The first-order valence-corrected chi connectivity index (χ1v) is 12.8. The quantitative estimate of drug-likeness (QED) is 0.349. The summed E-state index contributed by atoms with van der Waals surface area (Å²) in [6, 6.07) is 16.2. The molecular weight excluding hydrogens is 482 g/mol. The Kier molecular flexibility index (Phi) is 7.95. The zero-order chi connectivity index (χ0) is 24.9. The van der Waals surface area contributed by atoms with Crippen molar-refractivity contribution in [2.75, 3.05) is 13.1 Å². The zero-order valence-corrected chi connectivity index (χ0v) is 21.4. The lowest BCUT2D eigenvalue weighted by Crippen LogP contribution is -2.40. The molecule has 0 unspecified atom stereocenters. The number of aryl methyl sites for hydroxylation is 1. The van der Waals surface area contributed by atoms with Crippen LogP contribution < -0.4 is 11.3 Å². The van der Waals surface area contributed by atoms with Crippen LogP contribution in [0, 0.1) is 6.92 Å². The summed E-state index contributed by atoms with van der Waals surface area (Å²) in [6.07, 6.45) is 1.20. The molecule has 0 fully saturated rings. The van der Waals surface area contributed by atoms with Crippen LogP contribution in [0.25, 0.3) is 10.2 Å². The topological polar surface area (TPSA) is 94.1 Å². The highest BCUT2D eigenvalue weighted by atomic mass is 35.5. The van der Waals surface area contributed by atoms with Crippen LogP contribution in [0.2, 0.25) is 5.02 Å². The molecule has 4 aromatic rings. The number of amides is 1. The molecule has 182 valence electrons. The van der Waals surface area contributed by atoms with Crippen LogP contribution >= 0.6 is 23.1 Å². The number of nitrogens with zero attached hydrogens (tertiary/aromatic N) is 4. The third kappa shape index (κ3) is 5.29. The molecule has 4 rings (SSSR count). The molecule has 0 radical (unpaired) electrons. The molecule has 9 heteroatoms. The fourth-order valence-electron chi connectivity index (χ4n) is 4.22. The van der Waals surface area contributed by atoms with Gasteiger partial charge >= 0.3 is 0 Å². The van der Waals surface area contributed by atoms with E-state index in [2.05, 4.69) is 4.37 Å². The number of hydrogen-bond donors (Lipinski definition) is 1. The number of hydrogen-bond acceptors (Lipinski definition) is 6. The van der Waals surface area contributed by atoms with E-state index < -0.39 is 6.04 Å². The van der Waals surface area contributed by atoms with Gasteiger partial charge in [-0.2, -0.15) is 4.37 Å². The van der Waals surface area contributed by atoms with Crippen molar-refractivity contribution in [1.29, 1.82) is 0 Å². The summed E-state index contributed by atoms with van der Waals surface area (Å²) in [4.78, 5) is 34.7. The average molecular weight is 510 g/mol. The zero-order valence-electron chi connectivity index (χ0n) is 19.8. The van der Waals surface area contributed by atoms with Crippen LogP contribution in [0.4, 0.5) is 0 Å². The molecule has 0 saturated carbocycles. The van der Waals surface area contributed by atoms with Gasteiger partial charge in [-0.15, -0.1) is 0 Å². The monoisotopic (exact) mass is 509 g/mol. The molecule has 7 nitrogen and oxygen atoms in total. The summed E-state index contributed by atoms with van der Waals surface area (Å²) >= 11 is 7.25. The third-order valence-corrected chi connectivity index (χ3v) is 7.08. The minimum absolute atomic E-state index is 0.142. The Morgan fingerprint density at radius 1 is 1.17 bits per heavy atom. The maximum absolute atomic E-state index is 13.7. The molecule has 0 aliphatic carbocycles. The van der Waals surface area contributed by atoms with Gasteiger partial charge in [-0.05, 0) is 67.7 Å². The standard InChI is InChI=1S/C26H28ClN5O2S/c1-3-21(31(15-7-14-28)25(33)19-10-12-20(27)13-11-19)23-29-24-22(17(2)30-35-24)26(34)32(23)16-18-8-5-4-6-9-18/h4-6,8-13,21H,3,7,14-16,28H2,1-2H3/t21-/m0/s1. The molecule has 2 aromatic heterocycles. The van der Waals surface area contributed by atoms with Crippen molar-refractivity contribution in [1.82, 2.24) is 18.8 Å². The van der Waals surface area contributed by atoms with E-state index in [1.54, 1.807) is 33.7 Å². The van der Waals surface area contributed by atoms with Gasteiger partial charge in [-0.3, -0.25) is 14.2 Å². The van der Waals surface area contributed by atoms with Crippen LogP contribution in [0.3, 0.4) is 0 Å². The largest absolute Gasteiger partial charge is 0.330 e. The molecule has 0 aliphatic heterocycles. The van der Waals surface area contributed by atoms with E-state index in [0.29, 0.717) is 64.8 Å². The molecule has 1 amide bonds. The second-order valence-corrected chi connectivity index (χ2v) is 9.56. The minimum atomic E-state index is -0.423. The Morgan fingerprint density at radius 2 is 1.89 bits per heavy atom. The Hall–Kier alpha value is -3.07. The van der Waals surface area contributed by atoms with E-state index in [4.69, 9.17) is 22.3 Å². The number of nitrogens with two attached hydrogens (primary N) is 1. The van der Waals surface area contributed by atoms with Gasteiger partial charge in [-0.1, -0.05) is 48.9 Å². The number of halogens is 1. The van der Waals surface area contributed by atoms with Crippen LogP contribution in [0.5, 0.6) is 0 Å². The summed E-state index contributed by atoms with van der Waals surface area (Å²) in [7, 11) is 0. The van der Waals surface area contributed by atoms with Crippen molar-refractivity contribution in [2.45, 2.75) is 39.3 Å². The smallest absolute Gasteiger partial charge is 0.264 e. The minimum Gasteiger partial charge on any atom is -0.330 e. The highest BCUT2D eigenvalue weighted by Gasteiger charge is 2.29. The molecule has 1 atom stereocenters. The van der Waals surface area contributed by atoms with Crippen molar-refractivity contribution in [3.05, 3.63) is 92.6 Å². The highest BCUT2D eigenvalue weighted by molar-refractivity contribution is 7.12. The average Bonchev–Trinajstić information content (AvgIpc) is 3.25. The first-order valence-electron chi connectivity index (χ1n) is 11.6. The molecule has 2 N–H and O–H groups in total. The number of carbonyl (C=O) groups is 1. The number of rotatable bonds is 9. The van der Waals surface area contributed by atoms with Crippen molar-refractivity contribution in [3.8, 4) is 0 Å². The van der Waals surface area contributed by atoms with Crippen LogP contribution in [-0.4, -0.2) is 37.8 Å². The first kappa shape index (κ1) is 25.0. The van der Waals surface area contributed by atoms with Crippen molar-refractivity contribution < 1.29 is 4.79 Å². The van der Waals surface area contributed by atoms with E-state index in [-0.39, 0.29) is 11.5 Å².